The fourth-order valence-corrected chi connectivity index (χ4v) is 5.76. The van der Waals surface area contributed by atoms with E-state index in [4.69, 9.17) is 0 Å². The van der Waals surface area contributed by atoms with Crippen LogP contribution in [0.15, 0.2) is 54.6 Å². The van der Waals surface area contributed by atoms with E-state index in [-0.39, 0.29) is 17.7 Å². The second kappa shape index (κ2) is 7.33. The largest absolute Gasteiger partial charge is 0.342 e. The van der Waals surface area contributed by atoms with Gasteiger partial charge >= 0.3 is 0 Å². The monoisotopic (exact) mass is 388 g/mol. The standard InChI is InChI=1S/C25H28N2O2/c28-23-21-13-5-4-12-20(21)22(24(29)26-16-8-9-17-26)25(14-6-7-15-25)27(23)18-19-10-2-1-3-11-19/h1-5,10-13,22H,6-9,14-18H2/t22-/m0/s1. The molecule has 1 atom stereocenters. The summed E-state index contributed by atoms with van der Waals surface area (Å²) in [5, 5.41) is 0. The third kappa shape index (κ3) is 2.97. The molecule has 29 heavy (non-hydrogen) atoms. The van der Waals surface area contributed by atoms with Gasteiger partial charge in [0.1, 0.15) is 0 Å². The van der Waals surface area contributed by atoms with Gasteiger partial charge in [-0.05, 0) is 42.9 Å². The maximum atomic E-state index is 13.8. The summed E-state index contributed by atoms with van der Waals surface area (Å²) in [5.41, 5.74) is 2.37. The van der Waals surface area contributed by atoms with Crippen LogP contribution in [0.1, 0.15) is 65.9 Å². The summed E-state index contributed by atoms with van der Waals surface area (Å²) in [4.78, 5) is 31.6. The summed E-state index contributed by atoms with van der Waals surface area (Å²) >= 11 is 0. The molecule has 1 aliphatic carbocycles. The number of rotatable bonds is 3. The Morgan fingerprint density at radius 3 is 2.28 bits per heavy atom. The SMILES string of the molecule is O=C([C@@H]1c2ccccc2C(=O)N(Cc2ccccc2)C12CCCC2)N1CCCC1. The molecule has 0 radical (unpaired) electrons. The lowest BCUT2D eigenvalue weighted by Gasteiger charge is -2.50. The van der Waals surface area contributed by atoms with E-state index in [0.29, 0.717) is 12.1 Å². The van der Waals surface area contributed by atoms with Crippen molar-refractivity contribution in [3.05, 3.63) is 71.3 Å². The van der Waals surface area contributed by atoms with Gasteiger partial charge in [-0.2, -0.15) is 0 Å². The quantitative estimate of drug-likeness (QED) is 0.784. The molecule has 1 saturated carbocycles. The first-order valence-electron chi connectivity index (χ1n) is 10.9. The highest BCUT2D eigenvalue weighted by Crippen LogP contribution is 2.51. The summed E-state index contributed by atoms with van der Waals surface area (Å²) in [6.45, 7) is 2.26. The minimum absolute atomic E-state index is 0.0804. The first kappa shape index (κ1) is 18.4. The molecule has 2 amide bonds. The lowest BCUT2D eigenvalue weighted by molar-refractivity contribution is -0.136. The first-order chi connectivity index (χ1) is 14.2. The Labute approximate surface area is 172 Å². The Kier molecular flexibility index (Phi) is 4.65. The van der Waals surface area contributed by atoms with Gasteiger partial charge < -0.3 is 9.80 Å². The van der Waals surface area contributed by atoms with Crippen molar-refractivity contribution >= 4 is 11.8 Å². The van der Waals surface area contributed by atoms with Crippen LogP contribution in [0.4, 0.5) is 0 Å². The van der Waals surface area contributed by atoms with Gasteiger partial charge in [0.15, 0.2) is 0 Å². The topological polar surface area (TPSA) is 40.6 Å². The van der Waals surface area contributed by atoms with E-state index in [2.05, 4.69) is 17.0 Å². The molecule has 1 saturated heterocycles. The van der Waals surface area contributed by atoms with Crippen LogP contribution in [-0.4, -0.2) is 40.2 Å². The van der Waals surface area contributed by atoms with Crippen LogP contribution in [-0.2, 0) is 11.3 Å². The molecule has 2 aromatic carbocycles. The number of hydrogen-bond donors (Lipinski definition) is 0. The maximum Gasteiger partial charge on any atom is 0.254 e. The molecular formula is C25H28N2O2. The molecule has 4 heteroatoms. The second-order valence-electron chi connectivity index (χ2n) is 8.74. The molecule has 2 fully saturated rings. The van der Waals surface area contributed by atoms with E-state index in [1.807, 2.05) is 47.4 Å². The molecule has 0 unspecified atom stereocenters. The van der Waals surface area contributed by atoms with Gasteiger partial charge in [-0.1, -0.05) is 61.4 Å². The van der Waals surface area contributed by atoms with E-state index >= 15 is 0 Å². The highest BCUT2D eigenvalue weighted by atomic mass is 16.2. The number of hydrogen-bond acceptors (Lipinski definition) is 2. The third-order valence-electron chi connectivity index (χ3n) is 7.14. The lowest BCUT2D eigenvalue weighted by atomic mass is 9.70. The Balaban J connectivity index is 1.64. The van der Waals surface area contributed by atoms with Crippen LogP contribution < -0.4 is 0 Å². The second-order valence-corrected chi connectivity index (χ2v) is 8.74. The van der Waals surface area contributed by atoms with Crippen molar-refractivity contribution < 1.29 is 9.59 Å². The van der Waals surface area contributed by atoms with Crippen LogP contribution in [0.25, 0.3) is 0 Å². The van der Waals surface area contributed by atoms with Crippen molar-refractivity contribution in [2.24, 2.45) is 0 Å². The molecule has 0 N–H and O–H groups in total. The number of likely N-dealkylation sites (tertiary alicyclic amines) is 1. The van der Waals surface area contributed by atoms with Gasteiger partial charge in [0.05, 0.1) is 11.5 Å². The molecule has 1 spiro atoms. The van der Waals surface area contributed by atoms with E-state index in [1.54, 1.807) is 0 Å². The summed E-state index contributed by atoms with van der Waals surface area (Å²) < 4.78 is 0. The normalized spacial score (nSPS) is 22.9. The molecule has 2 aliphatic heterocycles. The zero-order valence-electron chi connectivity index (χ0n) is 16.8. The van der Waals surface area contributed by atoms with Crippen molar-refractivity contribution in [1.82, 2.24) is 9.80 Å². The van der Waals surface area contributed by atoms with Gasteiger partial charge in [0.2, 0.25) is 5.91 Å². The molecule has 0 aromatic heterocycles. The van der Waals surface area contributed by atoms with Gasteiger partial charge in [0, 0.05) is 25.2 Å². The van der Waals surface area contributed by atoms with Gasteiger partial charge in [-0.3, -0.25) is 9.59 Å². The summed E-state index contributed by atoms with van der Waals surface area (Å²) in [7, 11) is 0. The number of carbonyl (C=O) groups is 2. The smallest absolute Gasteiger partial charge is 0.254 e. The van der Waals surface area contributed by atoms with Crippen LogP contribution in [0.2, 0.25) is 0 Å². The van der Waals surface area contributed by atoms with E-state index in [0.717, 1.165) is 62.7 Å². The zero-order valence-corrected chi connectivity index (χ0v) is 16.8. The fourth-order valence-electron chi connectivity index (χ4n) is 5.76. The van der Waals surface area contributed by atoms with Crippen LogP contribution in [0.5, 0.6) is 0 Å². The zero-order chi connectivity index (χ0) is 19.8. The molecule has 2 aromatic rings. The van der Waals surface area contributed by atoms with Crippen molar-refractivity contribution in [3.8, 4) is 0 Å². The maximum absolute atomic E-state index is 13.8. The Morgan fingerprint density at radius 2 is 1.55 bits per heavy atom. The molecule has 4 nitrogen and oxygen atoms in total. The van der Waals surface area contributed by atoms with Crippen molar-refractivity contribution in [2.45, 2.75) is 56.5 Å². The summed E-state index contributed by atoms with van der Waals surface area (Å²) in [6, 6.07) is 18.0. The highest BCUT2D eigenvalue weighted by Gasteiger charge is 2.56. The average molecular weight is 389 g/mol. The van der Waals surface area contributed by atoms with E-state index < -0.39 is 5.54 Å². The highest BCUT2D eigenvalue weighted by molar-refractivity contribution is 6.02. The van der Waals surface area contributed by atoms with Gasteiger partial charge in [-0.25, -0.2) is 0 Å². The van der Waals surface area contributed by atoms with E-state index in [9.17, 15) is 9.59 Å². The molecule has 5 rings (SSSR count). The van der Waals surface area contributed by atoms with Gasteiger partial charge in [0.25, 0.3) is 5.91 Å². The fraction of sp³-hybridized carbons (Fsp3) is 0.440. The van der Waals surface area contributed by atoms with Crippen molar-refractivity contribution in [3.63, 3.8) is 0 Å². The molecule has 3 aliphatic rings. The number of nitrogens with zero attached hydrogens (tertiary/aromatic N) is 2. The summed E-state index contributed by atoms with van der Waals surface area (Å²) in [6.07, 6.45) is 6.13. The van der Waals surface area contributed by atoms with Crippen LogP contribution >= 0.6 is 0 Å². The summed E-state index contributed by atoms with van der Waals surface area (Å²) in [5.74, 6) is 0.0555. The molecular weight excluding hydrogens is 360 g/mol. The van der Waals surface area contributed by atoms with Crippen LogP contribution in [0, 0.1) is 0 Å². The van der Waals surface area contributed by atoms with Gasteiger partial charge in [-0.15, -0.1) is 0 Å². The number of amides is 2. The van der Waals surface area contributed by atoms with Crippen molar-refractivity contribution in [2.75, 3.05) is 13.1 Å². The molecule has 0 bridgehead atoms. The van der Waals surface area contributed by atoms with E-state index in [1.165, 1.54) is 0 Å². The minimum atomic E-state index is -0.402. The third-order valence-corrected chi connectivity index (χ3v) is 7.14. The number of benzene rings is 2. The number of carbonyl (C=O) groups excluding carboxylic acids is 2. The molecule has 2 heterocycles. The predicted molar refractivity (Wildman–Crippen MR) is 113 cm³/mol. The number of fused-ring (bicyclic) bond motifs is 1. The lowest BCUT2D eigenvalue weighted by Crippen LogP contribution is -2.60. The Morgan fingerprint density at radius 1 is 0.897 bits per heavy atom. The Hall–Kier alpha value is -2.62. The average Bonchev–Trinajstić information content (AvgIpc) is 3.45. The van der Waals surface area contributed by atoms with Crippen LogP contribution in [0.3, 0.4) is 0 Å². The van der Waals surface area contributed by atoms with Crippen molar-refractivity contribution in [1.29, 1.82) is 0 Å². The first-order valence-corrected chi connectivity index (χ1v) is 10.9. The minimum Gasteiger partial charge on any atom is -0.342 e. The Bertz CT molecular complexity index is 911. The molecule has 150 valence electrons. The predicted octanol–water partition coefficient (Wildman–Crippen LogP) is 4.36.